The van der Waals surface area contributed by atoms with Gasteiger partial charge in [-0.25, -0.2) is 0 Å². The van der Waals surface area contributed by atoms with Crippen LogP contribution in [0.1, 0.15) is 41.0 Å². The smallest absolute Gasteiger partial charge is 0.138 e. The molecule has 88 valence electrons. The van der Waals surface area contributed by atoms with Crippen LogP contribution in [-0.2, 0) is 4.79 Å². The van der Waals surface area contributed by atoms with Crippen molar-refractivity contribution in [2.45, 2.75) is 47.1 Å². The van der Waals surface area contributed by atoms with Crippen molar-refractivity contribution in [1.29, 1.82) is 0 Å². The molecule has 1 fully saturated rings. The Balaban J connectivity index is 2.53. The minimum atomic E-state index is 0.220. The van der Waals surface area contributed by atoms with E-state index in [-0.39, 0.29) is 5.92 Å². The molecule has 0 aromatic rings. The van der Waals surface area contributed by atoms with Gasteiger partial charge in [-0.2, -0.15) is 0 Å². The van der Waals surface area contributed by atoms with Gasteiger partial charge in [-0.05, 0) is 18.8 Å². The molecule has 0 aromatic carbocycles. The average molecular weight is 211 g/mol. The summed E-state index contributed by atoms with van der Waals surface area (Å²) in [4.78, 5) is 14.0. The van der Waals surface area contributed by atoms with Crippen LogP contribution in [0.25, 0.3) is 0 Å². The van der Waals surface area contributed by atoms with Crippen molar-refractivity contribution in [3.63, 3.8) is 0 Å². The van der Waals surface area contributed by atoms with Crippen LogP contribution >= 0.6 is 0 Å². The summed E-state index contributed by atoms with van der Waals surface area (Å²) in [6.07, 6.45) is 0.746. The fourth-order valence-electron chi connectivity index (χ4n) is 2.11. The molecule has 15 heavy (non-hydrogen) atoms. The Bertz CT molecular complexity index is 225. The number of carbonyl (C=O) groups is 1. The van der Waals surface area contributed by atoms with Crippen molar-refractivity contribution in [1.82, 2.24) is 4.90 Å². The highest BCUT2D eigenvalue weighted by atomic mass is 16.1. The number of rotatable bonds is 3. The maximum atomic E-state index is 11.5. The summed E-state index contributed by atoms with van der Waals surface area (Å²) in [5, 5.41) is 0. The molecule has 0 radical (unpaired) electrons. The Kier molecular flexibility index (Phi) is 4.32. The van der Waals surface area contributed by atoms with Crippen LogP contribution in [0.2, 0.25) is 0 Å². The molecule has 1 rings (SSSR count). The summed E-state index contributed by atoms with van der Waals surface area (Å²) in [6.45, 7) is 13.2. The number of hydrogen-bond acceptors (Lipinski definition) is 2. The monoisotopic (exact) mass is 211 g/mol. The largest absolute Gasteiger partial charge is 0.299 e. The molecule has 1 heterocycles. The van der Waals surface area contributed by atoms with Crippen molar-refractivity contribution in [3.8, 4) is 0 Å². The van der Waals surface area contributed by atoms with Gasteiger partial charge in [0.15, 0.2) is 0 Å². The van der Waals surface area contributed by atoms with Crippen LogP contribution < -0.4 is 0 Å². The van der Waals surface area contributed by atoms with E-state index in [4.69, 9.17) is 0 Å². The third-order valence-corrected chi connectivity index (χ3v) is 4.11. The number of Topliss-reactive ketones (excluding diaryl/α,β-unsaturated/α-hetero) is 1. The molecule has 0 saturated carbocycles. The van der Waals surface area contributed by atoms with Gasteiger partial charge in [-0.1, -0.05) is 27.7 Å². The number of likely N-dealkylation sites (tertiary alicyclic amines) is 1. The Hall–Kier alpha value is -0.370. The van der Waals surface area contributed by atoms with Gasteiger partial charge in [0.1, 0.15) is 5.78 Å². The van der Waals surface area contributed by atoms with E-state index in [1.54, 1.807) is 0 Å². The first-order valence-corrected chi connectivity index (χ1v) is 6.20. The quantitative estimate of drug-likeness (QED) is 0.715. The Morgan fingerprint density at radius 1 is 1.33 bits per heavy atom. The van der Waals surface area contributed by atoms with Crippen molar-refractivity contribution in [2.75, 3.05) is 13.1 Å². The molecule has 0 spiro atoms. The van der Waals surface area contributed by atoms with E-state index >= 15 is 0 Å². The lowest BCUT2D eigenvalue weighted by molar-refractivity contribution is -0.128. The van der Waals surface area contributed by atoms with Gasteiger partial charge in [0.25, 0.3) is 0 Å². The molecule has 2 nitrogen and oxygen atoms in total. The molecule has 1 saturated heterocycles. The van der Waals surface area contributed by atoms with E-state index in [1.807, 2.05) is 0 Å². The van der Waals surface area contributed by atoms with Gasteiger partial charge in [-0.15, -0.1) is 0 Å². The lowest BCUT2D eigenvalue weighted by Gasteiger charge is -2.39. The summed E-state index contributed by atoms with van der Waals surface area (Å²) in [5.74, 6) is 2.10. The molecule has 0 N–H and O–H groups in total. The molecule has 1 aliphatic rings. The fourth-order valence-corrected chi connectivity index (χ4v) is 2.11. The van der Waals surface area contributed by atoms with Crippen molar-refractivity contribution in [3.05, 3.63) is 0 Å². The van der Waals surface area contributed by atoms with Crippen LogP contribution in [0.15, 0.2) is 0 Å². The van der Waals surface area contributed by atoms with Gasteiger partial charge in [-0.3, -0.25) is 9.69 Å². The summed E-state index contributed by atoms with van der Waals surface area (Å²) in [6, 6.07) is 0.424. The maximum Gasteiger partial charge on any atom is 0.138 e. The molecule has 0 aliphatic carbocycles. The fraction of sp³-hybridized carbons (Fsp3) is 0.923. The van der Waals surface area contributed by atoms with Gasteiger partial charge in [0.05, 0.1) is 0 Å². The van der Waals surface area contributed by atoms with Crippen LogP contribution in [0.5, 0.6) is 0 Å². The minimum Gasteiger partial charge on any atom is -0.299 e. The zero-order chi connectivity index (χ0) is 11.6. The van der Waals surface area contributed by atoms with E-state index in [0.717, 1.165) is 25.4 Å². The van der Waals surface area contributed by atoms with Gasteiger partial charge >= 0.3 is 0 Å². The molecule has 0 aromatic heterocycles. The van der Waals surface area contributed by atoms with E-state index < -0.39 is 0 Å². The normalized spacial score (nSPS) is 30.9. The van der Waals surface area contributed by atoms with Crippen molar-refractivity contribution < 1.29 is 4.79 Å². The lowest BCUT2D eigenvalue weighted by Crippen LogP contribution is -2.48. The topological polar surface area (TPSA) is 20.3 Å². The van der Waals surface area contributed by atoms with Gasteiger partial charge < -0.3 is 0 Å². The highest BCUT2D eigenvalue weighted by molar-refractivity contribution is 5.82. The van der Waals surface area contributed by atoms with Crippen LogP contribution in [0.4, 0.5) is 0 Å². The van der Waals surface area contributed by atoms with Crippen molar-refractivity contribution in [2.24, 2.45) is 17.8 Å². The third kappa shape index (κ3) is 3.04. The predicted octanol–water partition coefficient (Wildman–Crippen LogP) is 2.58. The molecule has 2 heteroatoms. The van der Waals surface area contributed by atoms with Crippen LogP contribution in [0, 0.1) is 17.8 Å². The molecule has 3 atom stereocenters. The molecule has 0 bridgehead atoms. The minimum absolute atomic E-state index is 0.220. The highest BCUT2D eigenvalue weighted by Crippen LogP contribution is 2.22. The van der Waals surface area contributed by atoms with E-state index in [2.05, 4.69) is 39.5 Å². The Labute approximate surface area is 94.0 Å². The summed E-state index contributed by atoms with van der Waals surface area (Å²) in [5.41, 5.74) is 0. The van der Waals surface area contributed by atoms with E-state index in [1.165, 1.54) is 0 Å². The molecule has 1 aliphatic heterocycles. The zero-order valence-corrected chi connectivity index (χ0v) is 10.8. The second kappa shape index (κ2) is 5.11. The number of piperidine rings is 1. The Morgan fingerprint density at radius 3 is 2.47 bits per heavy atom. The molecule has 0 amide bonds. The number of carbonyl (C=O) groups excluding carboxylic acids is 1. The van der Waals surface area contributed by atoms with Crippen LogP contribution in [-0.4, -0.2) is 29.8 Å². The Morgan fingerprint density at radius 2 is 1.93 bits per heavy atom. The van der Waals surface area contributed by atoms with Gasteiger partial charge in [0.2, 0.25) is 0 Å². The molecule has 3 unspecified atom stereocenters. The summed E-state index contributed by atoms with van der Waals surface area (Å²) in [7, 11) is 0. The summed E-state index contributed by atoms with van der Waals surface area (Å²) < 4.78 is 0. The maximum absolute atomic E-state index is 11.5. The first-order chi connectivity index (χ1) is 6.93. The predicted molar refractivity (Wildman–Crippen MR) is 63.8 cm³/mol. The van der Waals surface area contributed by atoms with Crippen LogP contribution in [0.3, 0.4) is 0 Å². The first kappa shape index (κ1) is 12.7. The molecular formula is C13H25NO. The third-order valence-electron chi connectivity index (χ3n) is 4.11. The average Bonchev–Trinajstić information content (AvgIpc) is 2.18. The highest BCUT2D eigenvalue weighted by Gasteiger charge is 2.31. The van der Waals surface area contributed by atoms with Crippen molar-refractivity contribution >= 4 is 5.78 Å². The van der Waals surface area contributed by atoms with E-state index in [9.17, 15) is 4.79 Å². The summed E-state index contributed by atoms with van der Waals surface area (Å²) >= 11 is 0. The number of ketones is 1. The number of hydrogen-bond donors (Lipinski definition) is 0. The lowest BCUT2D eigenvalue weighted by atomic mass is 9.88. The zero-order valence-electron chi connectivity index (χ0n) is 10.8. The first-order valence-electron chi connectivity index (χ1n) is 6.20. The second-order valence-corrected chi connectivity index (χ2v) is 5.46. The SMILES string of the molecule is CC(C)C(C)CN1CCC(=O)C(C)C1C. The molecular weight excluding hydrogens is 186 g/mol. The standard InChI is InChI=1S/C13H25NO/c1-9(2)10(3)8-14-7-6-13(15)11(4)12(14)5/h9-12H,6-8H2,1-5H3. The second-order valence-electron chi connectivity index (χ2n) is 5.46. The van der Waals surface area contributed by atoms with Gasteiger partial charge in [0, 0.05) is 31.5 Å². The van der Waals surface area contributed by atoms with E-state index in [0.29, 0.717) is 17.7 Å². The number of nitrogens with zero attached hydrogens (tertiary/aromatic N) is 1.